The summed E-state index contributed by atoms with van der Waals surface area (Å²) in [6, 6.07) is 5.49. The monoisotopic (exact) mass is 237 g/mol. The van der Waals surface area contributed by atoms with Crippen molar-refractivity contribution in [3.8, 4) is 0 Å². The second-order valence-corrected chi connectivity index (χ2v) is 5.84. The standard InChI is InChI=1S/C13H19NOS/c1-2-10(13-4-3-7-16-13)14-11-8-9-5-6-12(11)15-9/h3-4,7,9-12,14H,2,5-6,8H2,1H3. The molecule has 2 fully saturated rings. The van der Waals surface area contributed by atoms with Crippen LogP contribution < -0.4 is 5.32 Å². The highest BCUT2D eigenvalue weighted by Gasteiger charge is 2.41. The van der Waals surface area contributed by atoms with Crippen molar-refractivity contribution in [1.82, 2.24) is 5.32 Å². The first-order valence-corrected chi connectivity index (χ1v) is 7.19. The SMILES string of the molecule is CCC(NC1CC2CCC1O2)c1cccs1. The van der Waals surface area contributed by atoms with Gasteiger partial charge in [-0.25, -0.2) is 0 Å². The summed E-state index contributed by atoms with van der Waals surface area (Å²) >= 11 is 1.86. The molecular formula is C13H19NOS. The third-order valence-electron chi connectivity index (χ3n) is 3.82. The molecule has 88 valence electrons. The molecule has 0 aliphatic carbocycles. The van der Waals surface area contributed by atoms with E-state index in [0.717, 1.165) is 6.42 Å². The highest BCUT2D eigenvalue weighted by Crippen LogP contribution is 2.36. The summed E-state index contributed by atoms with van der Waals surface area (Å²) in [6.07, 6.45) is 5.94. The minimum Gasteiger partial charge on any atom is -0.373 e. The number of hydrogen-bond acceptors (Lipinski definition) is 3. The van der Waals surface area contributed by atoms with Crippen LogP contribution >= 0.6 is 11.3 Å². The Bertz CT molecular complexity index is 338. The predicted octanol–water partition coefficient (Wildman–Crippen LogP) is 3.11. The molecule has 4 atom stereocenters. The van der Waals surface area contributed by atoms with Gasteiger partial charge in [0.2, 0.25) is 0 Å². The highest BCUT2D eigenvalue weighted by molar-refractivity contribution is 7.10. The highest BCUT2D eigenvalue weighted by atomic mass is 32.1. The Hall–Kier alpha value is -0.380. The molecular weight excluding hydrogens is 218 g/mol. The average molecular weight is 237 g/mol. The summed E-state index contributed by atoms with van der Waals surface area (Å²) in [5.41, 5.74) is 0. The van der Waals surface area contributed by atoms with E-state index in [9.17, 15) is 0 Å². The van der Waals surface area contributed by atoms with Gasteiger partial charge in [-0.05, 0) is 37.1 Å². The van der Waals surface area contributed by atoms with Crippen LogP contribution in [0, 0.1) is 0 Å². The molecule has 1 N–H and O–H groups in total. The maximum absolute atomic E-state index is 5.89. The summed E-state index contributed by atoms with van der Waals surface area (Å²) in [4.78, 5) is 1.46. The third-order valence-corrected chi connectivity index (χ3v) is 4.80. The van der Waals surface area contributed by atoms with Crippen LogP contribution in [0.5, 0.6) is 0 Å². The summed E-state index contributed by atoms with van der Waals surface area (Å²) in [7, 11) is 0. The van der Waals surface area contributed by atoms with Crippen LogP contribution in [0.4, 0.5) is 0 Å². The number of fused-ring (bicyclic) bond motifs is 2. The summed E-state index contributed by atoms with van der Waals surface area (Å²) in [5, 5.41) is 5.95. The quantitative estimate of drug-likeness (QED) is 0.869. The zero-order valence-electron chi connectivity index (χ0n) is 9.69. The zero-order chi connectivity index (χ0) is 11.0. The van der Waals surface area contributed by atoms with Crippen LogP contribution in [0.25, 0.3) is 0 Å². The summed E-state index contributed by atoms with van der Waals surface area (Å²) in [6.45, 7) is 2.26. The molecule has 0 radical (unpaired) electrons. The molecule has 0 spiro atoms. The number of ether oxygens (including phenoxy) is 1. The molecule has 0 saturated carbocycles. The van der Waals surface area contributed by atoms with Crippen molar-refractivity contribution in [3.63, 3.8) is 0 Å². The van der Waals surface area contributed by atoms with Gasteiger partial charge in [-0.2, -0.15) is 0 Å². The smallest absolute Gasteiger partial charge is 0.0733 e. The lowest BCUT2D eigenvalue weighted by atomic mass is 9.94. The van der Waals surface area contributed by atoms with Gasteiger partial charge >= 0.3 is 0 Å². The van der Waals surface area contributed by atoms with E-state index < -0.39 is 0 Å². The molecule has 4 unspecified atom stereocenters. The Balaban J connectivity index is 1.65. The van der Waals surface area contributed by atoms with E-state index in [0.29, 0.717) is 24.3 Å². The van der Waals surface area contributed by atoms with E-state index in [1.54, 1.807) is 0 Å². The number of hydrogen-bond donors (Lipinski definition) is 1. The van der Waals surface area contributed by atoms with Crippen molar-refractivity contribution < 1.29 is 4.74 Å². The number of nitrogens with one attached hydrogen (secondary N) is 1. The molecule has 2 bridgehead atoms. The van der Waals surface area contributed by atoms with Gasteiger partial charge in [0.05, 0.1) is 12.2 Å². The van der Waals surface area contributed by atoms with E-state index in [1.165, 1.54) is 24.1 Å². The molecule has 3 heteroatoms. The molecule has 3 heterocycles. The predicted molar refractivity (Wildman–Crippen MR) is 66.8 cm³/mol. The Labute approximate surface area is 101 Å². The van der Waals surface area contributed by atoms with E-state index in [1.807, 2.05) is 11.3 Å². The molecule has 2 nitrogen and oxygen atoms in total. The third kappa shape index (κ3) is 1.92. The van der Waals surface area contributed by atoms with Gasteiger partial charge in [0.25, 0.3) is 0 Å². The molecule has 2 aliphatic rings. The van der Waals surface area contributed by atoms with Crippen molar-refractivity contribution in [1.29, 1.82) is 0 Å². The first kappa shape index (κ1) is 10.8. The van der Waals surface area contributed by atoms with Crippen LogP contribution in [-0.4, -0.2) is 18.2 Å². The fourth-order valence-corrected chi connectivity index (χ4v) is 3.83. The van der Waals surface area contributed by atoms with E-state index in [2.05, 4.69) is 29.8 Å². The topological polar surface area (TPSA) is 21.3 Å². The van der Waals surface area contributed by atoms with Crippen molar-refractivity contribution in [3.05, 3.63) is 22.4 Å². The van der Waals surface area contributed by atoms with Crippen molar-refractivity contribution in [2.24, 2.45) is 0 Å². The van der Waals surface area contributed by atoms with Crippen LogP contribution in [0.15, 0.2) is 17.5 Å². The van der Waals surface area contributed by atoms with Crippen LogP contribution in [0.3, 0.4) is 0 Å². The molecule has 1 aromatic rings. The van der Waals surface area contributed by atoms with Gasteiger partial charge < -0.3 is 10.1 Å². The first-order chi connectivity index (χ1) is 7.86. The van der Waals surface area contributed by atoms with E-state index in [4.69, 9.17) is 4.74 Å². The fourth-order valence-electron chi connectivity index (χ4n) is 2.96. The van der Waals surface area contributed by atoms with Crippen molar-refractivity contribution in [2.75, 3.05) is 0 Å². The van der Waals surface area contributed by atoms with Gasteiger partial charge in [0.15, 0.2) is 0 Å². The van der Waals surface area contributed by atoms with Crippen LogP contribution in [0.1, 0.15) is 43.5 Å². The summed E-state index contributed by atoms with van der Waals surface area (Å²) in [5.74, 6) is 0. The zero-order valence-corrected chi connectivity index (χ0v) is 10.5. The van der Waals surface area contributed by atoms with Crippen molar-refractivity contribution >= 4 is 11.3 Å². The van der Waals surface area contributed by atoms with Gasteiger partial charge in [-0.15, -0.1) is 11.3 Å². The van der Waals surface area contributed by atoms with Gasteiger partial charge in [0, 0.05) is 17.0 Å². The lowest BCUT2D eigenvalue weighted by Gasteiger charge is -2.25. The molecule has 3 rings (SSSR count). The second kappa shape index (κ2) is 4.47. The Morgan fingerprint density at radius 3 is 3.06 bits per heavy atom. The van der Waals surface area contributed by atoms with Crippen LogP contribution in [0.2, 0.25) is 0 Å². The average Bonchev–Trinajstić information content (AvgIpc) is 3.01. The summed E-state index contributed by atoms with van der Waals surface area (Å²) < 4.78 is 5.89. The Morgan fingerprint density at radius 1 is 1.56 bits per heavy atom. The molecule has 2 aliphatic heterocycles. The second-order valence-electron chi connectivity index (χ2n) is 4.86. The minimum atomic E-state index is 0.485. The van der Waals surface area contributed by atoms with Crippen molar-refractivity contribution in [2.45, 2.75) is 56.9 Å². The maximum atomic E-state index is 5.89. The van der Waals surface area contributed by atoms with E-state index in [-0.39, 0.29) is 0 Å². The molecule has 0 amide bonds. The fraction of sp³-hybridized carbons (Fsp3) is 0.692. The van der Waals surface area contributed by atoms with Gasteiger partial charge in [-0.1, -0.05) is 13.0 Å². The van der Waals surface area contributed by atoms with Crippen LogP contribution in [-0.2, 0) is 4.74 Å². The van der Waals surface area contributed by atoms with E-state index >= 15 is 0 Å². The number of rotatable bonds is 4. The molecule has 0 aromatic carbocycles. The Kier molecular flexibility index (Phi) is 3.01. The molecule has 2 saturated heterocycles. The lowest BCUT2D eigenvalue weighted by Crippen LogP contribution is -2.39. The maximum Gasteiger partial charge on any atom is 0.0733 e. The number of thiophene rings is 1. The van der Waals surface area contributed by atoms with Gasteiger partial charge in [0.1, 0.15) is 0 Å². The largest absolute Gasteiger partial charge is 0.373 e. The molecule has 16 heavy (non-hydrogen) atoms. The first-order valence-electron chi connectivity index (χ1n) is 6.31. The minimum absolute atomic E-state index is 0.485. The Morgan fingerprint density at radius 2 is 2.50 bits per heavy atom. The lowest BCUT2D eigenvalue weighted by molar-refractivity contribution is 0.0959. The molecule has 1 aromatic heterocycles. The van der Waals surface area contributed by atoms with Gasteiger partial charge in [-0.3, -0.25) is 0 Å². The normalized spacial score (nSPS) is 34.4.